The van der Waals surface area contributed by atoms with Crippen molar-refractivity contribution in [2.45, 2.75) is 53.0 Å². The summed E-state index contributed by atoms with van der Waals surface area (Å²) >= 11 is 0. The van der Waals surface area contributed by atoms with Gasteiger partial charge in [0.2, 0.25) is 6.08 Å². The molecule has 25 heavy (non-hydrogen) atoms. The van der Waals surface area contributed by atoms with E-state index >= 15 is 0 Å². The second-order valence-corrected chi connectivity index (χ2v) is 7.84. The highest BCUT2D eigenvalue weighted by Gasteiger charge is 2.41. The molecule has 0 aromatic rings. The van der Waals surface area contributed by atoms with Crippen LogP contribution in [-0.2, 0) is 19.1 Å². The minimum absolute atomic E-state index is 0.0143. The monoisotopic (exact) mass is 352 g/mol. The molecule has 1 rings (SSSR count). The summed E-state index contributed by atoms with van der Waals surface area (Å²) in [5.41, 5.74) is 0.142. The molecule has 1 N–H and O–H groups in total. The lowest BCUT2D eigenvalue weighted by atomic mass is 9.63. The molecule has 1 aliphatic carbocycles. The maximum absolute atomic E-state index is 11.8. The fourth-order valence-electron chi connectivity index (χ4n) is 3.61. The number of ether oxygens (including phenoxy) is 2. The Morgan fingerprint density at radius 3 is 2.48 bits per heavy atom. The van der Waals surface area contributed by atoms with Crippen molar-refractivity contribution in [1.82, 2.24) is 5.32 Å². The lowest BCUT2D eigenvalue weighted by Gasteiger charge is -2.45. The zero-order valence-corrected chi connectivity index (χ0v) is 15.5. The molecule has 7 heteroatoms. The number of carbonyl (C=O) groups is 2. The standard InChI is InChI=1S/C18H28N2O5/c1-13(2)15(22)24-6-7-25-16(23)19-11-18(5)9-14(20-12-21)8-17(3,4)10-18/h14H,1,6-11H2,2-5H3,(H,19,23). The van der Waals surface area contributed by atoms with Gasteiger partial charge in [0, 0.05) is 12.1 Å². The molecule has 0 bridgehead atoms. The lowest BCUT2D eigenvalue weighted by molar-refractivity contribution is -0.139. The van der Waals surface area contributed by atoms with E-state index in [1.54, 1.807) is 13.0 Å². The quantitative estimate of drug-likeness (QED) is 0.250. The molecule has 0 heterocycles. The molecule has 0 radical (unpaired) electrons. The number of nitrogens with zero attached hydrogens (tertiary/aromatic N) is 1. The largest absolute Gasteiger partial charge is 0.459 e. The van der Waals surface area contributed by atoms with E-state index in [0.29, 0.717) is 18.5 Å². The Labute approximate surface area is 148 Å². The van der Waals surface area contributed by atoms with Crippen LogP contribution in [0.1, 0.15) is 47.0 Å². The van der Waals surface area contributed by atoms with Crippen molar-refractivity contribution in [1.29, 1.82) is 0 Å². The van der Waals surface area contributed by atoms with E-state index in [4.69, 9.17) is 9.47 Å². The van der Waals surface area contributed by atoms with Gasteiger partial charge in [0.1, 0.15) is 13.2 Å². The van der Waals surface area contributed by atoms with Crippen molar-refractivity contribution in [2.24, 2.45) is 15.8 Å². The van der Waals surface area contributed by atoms with Crippen molar-refractivity contribution < 1.29 is 23.9 Å². The molecule has 1 aliphatic rings. The van der Waals surface area contributed by atoms with Gasteiger partial charge >= 0.3 is 12.1 Å². The number of hydrogen-bond donors (Lipinski definition) is 1. The summed E-state index contributed by atoms with van der Waals surface area (Å²) in [5, 5.41) is 2.74. The molecule has 1 fully saturated rings. The highest BCUT2D eigenvalue weighted by molar-refractivity contribution is 5.86. The molecule has 0 saturated heterocycles. The Bertz CT molecular complexity index is 566. The number of alkyl carbamates (subject to hydrolysis) is 1. The molecule has 1 saturated carbocycles. The fourth-order valence-corrected chi connectivity index (χ4v) is 3.61. The van der Waals surface area contributed by atoms with Gasteiger partial charge in [-0.1, -0.05) is 27.4 Å². The van der Waals surface area contributed by atoms with Crippen LogP contribution in [0.3, 0.4) is 0 Å². The van der Waals surface area contributed by atoms with Gasteiger partial charge in [0.05, 0.1) is 6.04 Å². The second kappa shape index (κ2) is 8.81. The number of esters is 1. The summed E-state index contributed by atoms with van der Waals surface area (Å²) in [6.07, 6.45) is 3.53. The summed E-state index contributed by atoms with van der Waals surface area (Å²) in [6.45, 7) is 11.7. The Balaban J connectivity index is 2.41. The van der Waals surface area contributed by atoms with Gasteiger partial charge in [-0.3, -0.25) is 0 Å². The summed E-state index contributed by atoms with van der Waals surface area (Å²) in [6, 6.07) is -0.0781. The van der Waals surface area contributed by atoms with E-state index in [0.717, 1.165) is 12.8 Å². The van der Waals surface area contributed by atoms with Crippen LogP contribution >= 0.6 is 0 Å². The smallest absolute Gasteiger partial charge is 0.407 e. The van der Waals surface area contributed by atoms with Crippen molar-refractivity contribution in [3.63, 3.8) is 0 Å². The van der Waals surface area contributed by atoms with E-state index < -0.39 is 12.1 Å². The van der Waals surface area contributed by atoms with Gasteiger partial charge in [-0.25, -0.2) is 19.4 Å². The van der Waals surface area contributed by atoms with Crippen LogP contribution in [0.25, 0.3) is 0 Å². The maximum atomic E-state index is 11.8. The molecule has 0 spiro atoms. The van der Waals surface area contributed by atoms with E-state index in [-0.39, 0.29) is 30.1 Å². The van der Waals surface area contributed by atoms with Gasteiger partial charge in [-0.2, -0.15) is 0 Å². The Morgan fingerprint density at radius 1 is 1.24 bits per heavy atom. The molecule has 1 amide bonds. The molecule has 2 atom stereocenters. The third kappa shape index (κ3) is 7.52. The number of rotatable bonds is 7. The molecule has 0 aromatic heterocycles. The predicted octanol–water partition coefficient (Wildman–Crippen LogP) is 2.75. The predicted molar refractivity (Wildman–Crippen MR) is 92.8 cm³/mol. The number of aliphatic imine (C=N–C) groups is 1. The first kappa shape index (κ1) is 20.9. The maximum Gasteiger partial charge on any atom is 0.407 e. The lowest BCUT2D eigenvalue weighted by Crippen LogP contribution is -2.45. The molecule has 7 nitrogen and oxygen atoms in total. The van der Waals surface area contributed by atoms with E-state index in [2.05, 4.69) is 37.7 Å². The summed E-state index contributed by atoms with van der Waals surface area (Å²) in [7, 11) is 0. The van der Waals surface area contributed by atoms with E-state index in [1.165, 1.54) is 0 Å². The molecule has 0 aromatic carbocycles. The third-order valence-corrected chi connectivity index (χ3v) is 4.21. The van der Waals surface area contributed by atoms with Crippen molar-refractivity contribution in [2.75, 3.05) is 19.8 Å². The van der Waals surface area contributed by atoms with Crippen LogP contribution < -0.4 is 5.32 Å². The highest BCUT2D eigenvalue weighted by atomic mass is 16.6. The van der Waals surface area contributed by atoms with Crippen LogP contribution in [0.5, 0.6) is 0 Å². The average Bonchev–Trinajstić information content (AvgIpc) is 2.47. The SMILES string of the molecule is C=C(C)C(=O)OCCOC(=O)NCC1(C)CC(N=C=O)CC(C)(C)C1. The van der Waals surface area contributed by atoms with E-state index in [9.17, 15) is 14.4 Å². The molecule has 2 unspecified atom stereocenters. The topological polar surface area (TPSA) is 94.1 Å². The van der Waals surface area contributed by atoms with Crippen LogP contribution in [0.4, 0.5) is 4.79 Å². The molecular formula is C18H28N2O5. The van der Waals surface area contributed by atoms with Crippen LogP contribution in [0.15, 0.2) is 17.1 Å². The molecule has 140 valence electrons. The normalized spacial score (nSPS) is 24.6. The van der Waals surface area contributed by atoms with Gasteiger partial charge in [0.25, 0.3) is 0 Å². The Hall–Kier alpha value is -2.14. The van der Waals surface area contributed by atoms with Gasteiger partial charge in [0.15, 0.2) is 0 Å². The number of isocyanates is 1. The number of hydrogen-bond acceptors (Lipinski definition) is 6. The van der Waals surface area contributed by atoms with Gasteiger partial charge in [-0.05, 0) is 37.0 Å². The van der Waals surface area contributed by atoms with Crippen molar-refractivity contribution in [3.8, 4) is 0 Å². The van der Waals surface area contributed by atoms with Gasteiger partial charge in [-0.15, -0.1) is 0 Å². The summed E-state index contributed by atoms with van der Waals surface area (Å²) in [4.78, 5) is 37.5. The fraction of sp³-hybridized carbons (Fsp3) is 0.722. The van der Waals surface area contributed by atoms with Crippen LogP contribution in [0, 0.1) is 10.8 Å². The average molecular weight is 352 g/mol. The Morgan fingerprint density at radius 2 is 1.88 bits per heavy atom. The zero-order chi connectivity index (χ0) is 19.1. The second-order valence-electron chi connectivity index (χ2n) is 7.84. The van der Waals surface area contributed by atoms with Crippen molar-refractivity contribution >= 4 is 18.1 Å². The number of nitrogens with one attached hydrogen (secondary N) is 1. The molecular weight excluding hydrogens is 324 g/mol. The van der Waals surface area contributed by atoms with Crippen molar-refractivity contribution in [3.05, 3.63) is 12.2 Å². The summed E-state index contributed by atoms with van der Waals surface area (Å²) in [5.74, 6) is -0.511. The molecule has 0 aliphatic heterocycles. The van der Waals surface area contributed by atoms with E-state index in [1.807, 2.05) is 0 Å². The first-order valence-electron chi connectivity index (χ1n) is 8.37. The minimum atomic E-state index is -0.564. The summed E-state index contributed by atoms with van der Waals surface area (Å²) < 4.78 is 9.84. The number of carbonyl (C=O) groups excluding carboxylic acids is 3. The Kier molecular flexibility index (Phi) is 7.37. The number of amides is 1. The zero-order valence-electron chi connectivity index (χ0n) is 15.5. The first-order valence-corrected chi connectivity index (χ1v) is 8.37. The van der Waals surface area contributed by atoms with Crippen LogP contribution in [-0.4, -0.2) is 43.9 Å². The third-order valence-electron chi connectivity index (χ3n) is 4.21. The highest BCUT2D eigenvalue weighted by Crippen LogP contribution is 2.46. The van der Waals surface area contributed by atoms with Gasteiger partial charge < -0.3 is 14.8 Å². The van der Waals surface area contributed by atoms with Crippen LogP contribution in [0.2, 0.25) is 0 Å². The minimum Gasteiger partial charge on any atom is -0.459 e. The first-order chi connectivity index (χ1) is 11.6.